The fraction of sp³-hybridized carbons (Fsp3) is 0. The number of hydrogen-bond acceptors (Lipinski definition) is 3. The van der Waals surface area contributed by atoms with E-state index in [-0.39, 0.29) is 17.0 Å². The molecule has 4 nitrogen and oxygen atoms in total. The van der Waals surface area contributed by atoms with Gasteiger partial charge in [0.2, 0.25) is 0 Å². The van der Waals surface area contributed by atoms with Gasteiger partial charge in [-0.05, 0) is 18.2 Å². The van der Waals surface area contributed by atoms with Gasteiger partial charge >= 0.3 is 0 Å². The fourth-order valence-corrected chi connectivity index (χ4v) is 1.38. The molecule has 2 aromatic rings. The van der Waals surface area contributed by atoms with Crippen molar-refractivity contribution in [3.8, 4) is 5.75 Å². The minimum Gasteiger partial charge on any atom is -0.506 e. The van der Waals surface area contributed by atoms with Gasteiger partial charge in [0, 0.05) is 18.0 Å². The first-order chi connectivity index (χ1) is 8.54. The number of nitrogens with one attached hydrogen (secondary N) is 1. The van der Waals surface area contributed by atoms with Crippen LogP contribution in [0.4, 0.5) is 14.5 Å². The monoisotopic (exact) mass is 250 g/mol. The molecular weight excluding hydrogens is 242 g/mol. The standard InChI is InChI=1S/C12H8F2N2O2/c13-8-2-9(14)4-10(3-8)16-12(18)7-1-11(17)6-15-5-7/h1-6,17H,(H,16,18). The van der Waals surface area contributed by atoms with Crippen LogP contribution in [0.25, 0.3) is 0 Å². The lowest BCUT2D eigenvalue weighted by Gasteiger charge is -2.05. The minimum atomic E-state index is -0.792. The number of hydrogen-bond donors (Lipinski definition) is 2. The zero-order chi connectivity index (χ0) is 13.1. The minimum absolute atomic E-state index is 0.0131. The summed E-state index contributed by atoms with van der Waals surface area (Å²) in [6.07, 6.45) is 2.39. The van der Waals surface area contributed by atoms with E-state index in [4.69, 9.17) is 5.11 Å². The predicted octanol–water partition coefficient (Wildman–Crippen LogP) is 2.32. The Morgan fingerprint density at radius 3 is 2.39 bits per heavy atom. The van der Waals surface area contributed by atoms with Crippen molar-refractivity contribution in [3.05, 3.63) is 53.9 Å². The average molecular weight is 250 g/mol. The molecule has 0 spiro atoms. The van der Waals surface area contributed by atoms with Gasteiger partial charge in [0.1, 0.15) is 17.4 Å². The maximum absolute atomic E-state index is 12.9. The van der Waals surface area contributed by atoms with Crippen molar-refractivity contribution < 1.29 is 18.7 Å². The molecule has 1 aromatic carbocycles. The van der Waals surface area contributed by atoms with Gasteiger partial charge in [-0.1, -0.05) is 0 Å². The molecule has 0 fully saturated rings. The van der Waals surface area contributed by atoms with Crippen LogP contribution in [0.2, 0.25) is 0 Å². The topological polar surface area (TPSA) is 62.2 Å². The number of benzene rings is 1. The van der Waals surface area contributed by atoms with Crippen molar-refractivity contribution in [1.82, 2.24) is 4.98 Å². The highest BCUT2D eigenvalue weighted by Crippen LogP contribution is 2.15. The Morgan fingerprint density at radius 1 is 1.11 bits per heavy atom. The lowest BCUT2D eigenvalue weighted by molar-refractivity contribution is 0.102. The number of nitrogens with zero attached hydrogens (tertiary/aromatic N) is 1. The summed E-state index contributed by atoms with van der Waals surface area (Å²) in [7, 11) is 0. The lowest BCUT2D eigenvalue weighted by atomic mass is 10.2. The van der Waals surface area contributed by atoms with Crippen molar-refractivity contribution in [2.24, 2.45) is 0 Å². The largest absolute Gasteiger partial charge is 0.506 e. The van der Waals surface area contributed by atoms with E-state index in [9.17, 15) is 13.6 Å². The molecule has 0 aliphatic rings. The molecule has 2 N–H and O–H groups in total. The summed E-state index contributed by atoms with van der Waals surface area (Å²) >= 11 is 0. The second-order valence-electron chi connectivity index (χ2n) is 3.54. The van der Waals surface area contributed by atoms with Gasteiger partial charge < -0.3 is 10.4 Å². The van der Waals surface area contributed by atoms with E-state index in [1.165, 1.54) is 18.5 Å². The van der Waals surface area contributed by atoms with E-state index in [1.54, 1.807) is 0 Å². The number of carbonyl (C=O) groups excluding carboxylic acids is 1. The summed E-state index contributed by atoms with van der Waals surface area (Å²) in [5, 5.41) is 11.5. The van der Waals surface area contributed by atoms with Crippen molar-refractivity contribution in [1.29, 1.82) is 0 Å². The van der Waals surface area contributed by atoms with Gasteiger partial charge in [0.25, 0.3) is 5.91 Å². The van der Waals surface area contributed by atoms with Crippen LogP contribution in [-0.2, 0) is 0 Å². The van der Waals surface area contributed by atoms with Crippen LogP contribution in [0.3, 0.4) is 0 Å². The number of amides is 1. The number of aromatic nitrogens is 1. The average Bonchev–Trinajstić information content (AvgIpc) is 2.27. The van der Waals surface area contributed by atoms with E-state index in [0.29, 0.717) is 6.07 Å². The second-order valence-corrected chi connectivity index (χ2v) is 3.54. The van der Waals surface area contributed by atoms with E-state index in [1.807, 2.05) is 0 Å². The second kappa shape index (κ2) is 4.79. The highest BCUT2D eigenvalue weighted by atomic mass is 19.1. The van der Waals surface area contributed by atoms with Crippen molar-refractivity contribution in [3.63, 3.8) is 0 Å². The Morgan fingerprint density at radius 2 is 1.78 bits per heavy atom. The normalized spacial score (nSPS) is 10.1. The SMILES string of the molecule is O=C(Nc1cc(F)cc(F)c1)c1cncc(O)c1. The molecule has 6 heteroatoms. The van der Waals surface area contributed by atoms with Crippen molar-refractivity contribution in [2.75, 3.05) is 5.32 Å². The summed E-state index contributed by atoms with van der Waals surface area (Å²) in [5.74, 6) is -2.38. The Kier molecular flexibility index (Phi) is 3.18. The third-order valence-corrected chi connectivity index (χ3v) is 2.11. The smallest absolute Gasteiger partial charge is 0.257 e. The first kappa shape index (κ1) is 12.0. The fourth-order valence-electron chi connectivity index (χ4n) is 1.38. The quantitative estimate of drug-likeness (QED) is 0.859. The molecule has 0 saturated carbocycles. The molecule has 0 aliphatic heterocycles. The van der Waals surface area contributed by atoms with Gasteiger partial charge in [-0.2, -0.15) is 0 Å². The third-order valence-electron chi connectivity index (χ3n) is 2.11. The molecule has 0 atom stereocenters. The molecule has 0 saturated heterocycles. The molecule has 0 aliphatic carbocycles. The van der Waals surface area contributed by atoms with Crippen LogP contribution in [0, 0.1) is 11.6 Å². The summed E-state index contributed by atoms with van der Waals surface area (Å²) in [4.78, 5) is 15.3. The predicted molar refractivity (Wildman–Crippen MR) is 60.2 cm³/mol. The third kappa shape index (κ3) is 2.79. The molecule has 1 heterocycles. The first-order valence-corrected chi connectivity index (χ1v) is 4.96. The Bertz CT molecular complexity index is 582. The van der Waals surface area contributed by atoms with Crippen LogP contribution in [0.15, 0.2) is 36.7 Å². The number of aromatic hydroxyl groups is 1. The molecule has 1 amide bonds. The molecule has 0 radical (unpaired) electrons. The summed E-state index contributed by atoms with van der Waals surface area (Å²) in [5.41, 5.74) is 0.0699. The van der Waals surface area contributed by atoms with Gasteiger partial charge in [-0.15, -0.1) is 0 Å². The molecule has 92 valence electrons. The zero-order valence-electron chi connectivity index (χ0n) is 9.02. The van der Waals surface area contributed by atoms with Gasteiger partial charge in [-0.3, -0.25) is 9.78 Å². The van der Waals surface area contributed by atoms with Gasteiger partial charge in [-0.25, -0.2) is 8.78 Å². The van der Waals surface area contributed by atoms with Crippen LogP contribution in [0.5, 0.6) is 5.75 Å². The molecule has 18 heavy (non-hydrogen) atoms. The van der Waals surface area contributed by atoms with Crippen LogP contribution in [0.1, 0.15) is 10.4 Å². The Labute approximate surface area is 101 Å². The Hall–Kier alpha value is -2.50. The van der Waals surface area contributed by atoms with E-state index in [2.05, 4.69) is 10.3 Å². The lowest BCUT2D eigenvalue weighted by Crippen LogP contribution is -2.12. The van der Waals surface area contributed by atoms with Crippen molar-refractivity contribution >= 4 is 11.6 Å². The zero-order valence-corrected chi connectivity index (χ0v) is 9.02. The highest BCUT2D eigenvalue weighted by molar-refractivity contribution is 6.04. The number of rotatable bonds is 2. The summed E-state index contributed by atoms with van der Waals surface area (Å²) in [6, 6.07) is 3.86. The van der Waals surface area contributed by atoms with Crippen LogP contribution in [-0.4, -0.2) is 16.0 Å². The maximum Gasteiger partial charge on any atom is 0.257 e. The first-order valence-electron chi connectivity index (χ1n) is 4.96. The Balaban J connectivity index is 2.21. The summed E-state index contributed by atoms with van der Waals surface area (Å²) in [6.45, 7) is 0. The maximum atomic E-state index is 12.9. The van der Waals surface area contributed by atoms with E-state index in [0.717, 1.165) is 12.1 Å². The summed E-state index contributed by atoms with van der Waals surface area (Å²) < 4.78 is 25.8. The van der Waals surface area contributed by atoms with Crippen LogP contribution < -0.4 is 5.32 Å². The number of anilines is 1. The van der Waals surface area contributed by atoms with Gasteiger partial charge in [0.15, 0.2) is 0 Å². The number of carbonyl (C=O) groups is 1. The molecule has 0 unspecified atom stereocenters. The molecule has 1 aromatic heterocycles. The highest BCUT2D eigenvalue weighted by Gasteiger charge is 2.09. The molecule has 0 bridgehead atoms. The molecule has 2 rings (SSSR count). The molecular formula is C12H8F2N2O2. The van der Waals surface area contributed by atoms with Gasteiger partial charge in [0.05, 0.1) is 11.8 Å². The van der Waals surface area contributed by atoms with E-state index < -0.39 is 17.5 Å². The number of pyridine rings is 1. The van der Waals surface area contributed by atoms with E-state index >= 15 is 0 Å². The number of halogens is 2. The van der Waals surface area contributed by atoms with Crippen LogP contribution >= 0.6 is 0 Å². The van der Waals surface area contributed by atoms with Crippen molar-refractivity contribution in [2.45, 2.75) is 0 Å².